The largest absolute Gasteiger partial charge is 0.481 e. The Morgan fingerprint density at radius 2 is 2.40 bits per heavy atom. The molecular weight excluding hydrogens is 134 g/mol. The number of nitrogens with one attached hydrogen (secondary N) is 1. The molecule has 2 atom stereocenters. The summed E-state index contributed by atoms with van der Waals surface area (Å²) in [5.74, 6) is -1.15. The van der Waals surface area contributed by atoms with Crippen LogP contribution in [0, 0.1) is 5.92 Å². The van der Waals surface area contributed by atoms with Gasteiger partial charge in [0.05, 0.1) is 12.0 Å². The van der Waals surface area contributed by atoms with E-state index in [1.807, 2.05) is 0 Å². The number of carbonyl (C=O) groups is 1. The van der Waals surface area contributed by atoms with Crippen LogP contribution in [-0.2, 0) is 9.53 Å². The first-order valence-corrected chi connectivity index (χ1v) is 3.22. The molecular formula is C6H11NO3. The minimum absolute atomic E-state index is 0.155. The number of aliphatic carboxylic acids is 1. The Morgan fingerprint density at radius 1 is 1.70 bits per heavy atom. The van der Waals surface area contributed by atoms with E-state index in [1.165, 1.54) is 7.11 Å². The van der Waals surface area contributed by atoms with Gasteiger partial charge in [0, 0.05) is 20.2 Å². The number of carboxylic acid groups (broad SMARTS) is 1. The molecule has 1 aliphatic rings. The fourth-order valence-corrected chi connectivity index (χ4v) is 1.15. The van der Waals surface area contributed by atoms with Crippen LogP contribution < -0.4 is 5.32 Å². The van der Waals surface area contributed by atoms with E-state index >= 15 is 0 Å². The van der Waals surface area contributed by atoms with Crippen molar-refractivity contribution in [3.05, 3.63) is 0 Å². The summed E-state index contributed by atoms with van der Waals surface area (Å²) in [4.78, 5) is 10.5. The van der Waals surface area contributed by atoms with Gasteiger partial charge < -0.3 is 15.2 Å². The van der Waals surface area contributed by atoms with Gasteiger partial charge in [-0.1, -0.05) is 0 Å². The molecule has 0 saturated carbocycles. The molecule has 4 heteroatoms. The average Bonchev–Trinajstić information content (AvgIpc) is 2.33. The minimum Gasteiger partial charge on any atom is -0.481 e. The van der Waals surface area contributed by atoms with Crippen molar-refractivity contribution in [2.24, 2.45) is 5.92 Å². The molecule has 1 saturated heterocycles. The highest BCUT2D eigenvalue weighted by molar-refractivity contribution is 5.71. The Bertz CT molecular complexity index is 137. The van der Waals surface area contributed by atoms with Crippen molar-refractivity contribution in [3.63, 3.8) is 0 Å². The maximum absolute atomic E-state index is 10.5. The lowest BCUT2D eigenvalue weighted by atomic mass is 10.1. The Morgan fingerprint density at radius 3 is 2.80 bits per heavy atom. The highest BCUT2D eigenvalue weighted by Crippen LogP contribution is 2.11. The summed E-state index contributed by atoms with van der Waals surface area (Å²) in [5.41, 5.74) is 0. The van der Waals surface area contributed by atoms with Crippen molar-refractivity contribution in [2.75, 3.05) is 20.2 Å². The molecule has 1 rings (SSSR count). The first-order chi connectivity index (χ1) is 4.75. The molecule has 0 radical (unpaired) electrons. The van der Waals surface area contributed by atoms with Crippen molar-refractivity contribution in [1.29, 1.82) is 0 Å². The molecule has 2 N–H and O–H groups in total. The summed E-state index contributed by atoms with van der Waals surface area (Å²) in [7, 11) is 1.54. The minimum atomic E-state index is -0.781. The molecule has 0 aromatic heterocycles. The second-order valence-corrected chi connectivity index (χ2v) is 2.38. The van der Waals surface area contributed by atoms with Gasteiger partial charge >= 0.3 is 5.97 Å². The third-order valence-electron chi connectivity index (χ3n) is 1.78. The molecule has 0 aromatic carbocycles. The van der Waals surface area contributed by atoms with Crippen molar-refractivity contribution in [2.45, 2.75) is 6.10 Å². The van der Waals surface area contributed by atoms with Crippen LogP contribution >= 0.6 is 0 Å². The Kier molecular flexibility index (Phi) is 2.24. The summed E-state index contributed by atoms with van der Waals surface area (Å²) in [6.07, 6.45) is -0.155. The molecule has 0 amide bonds. The van der Waals surface area contributed by atoms with Crippen molar-refractivity contribution in [3.8, 4) is 0 Å². The van der Waals surface area contributed by atoms with Crippen molar-refractivity contribution >= 4 is 5.97 Å². The van der Waals surface area contributed by atoms with Gasteiger partial charge in [-0.3, -0.25) is 4.79 Å². The fourth-order valence-electron chi connectivity index (χ4n) is 1.15. The maximum atomic E-state index is 10.5. The first-order valence-electron chi connectivity index (χ1n) is 3.22. The fraction of sp³-hybridized carbons (Fsp3) is 0.833. The third kappa shape index (κ3) is 1.27. The quantitative estimate of drug-likeness (QED) is 0.539. The van der Waals surface area contributed by atoms with Gasteiger partial charge in [0.25, 0.3) is 0 Å². The van der Waals surface area contributed by atoms with E-state index in [1.54, 1.807) is 0 Å². The van der Waals surface area contributed by atoms with Crippen molar-refractivity contribution < 1.29 is 14.6 Å². The first kappa shape index (κ1) is 7.50. The molecule has 1 heterocycles. The van der Waals surface area contributed by atoms with E-state index in [4.69, 9.17) is 9.84 Å². The molecule has 10 heavy (non-hydrogen) atoms. The Balaban J connectivity index is 2.50. The predicted molar refractivity (Wildman–Crippen MR) is 34.8 cm³/mol. The van der Waals surface area contributed by atoms with Crippen LogP contribution in [0.3, 0.4) is 0 Å². The summed E-state index contributed by atoms with van der Waals surface area (Å²) in [6, 6.07) is 0. The molecule has 58 valence electrons. The van der Waals surface area contributed by atoms with E-state index in [0.29, 0.717) is 13.1 Å². The molecule has 0 spiro atoms. The Hall–Kier alpha value is -0.610. The molecule has 0 aliphatic carbocycles. The number of methoxy groups -OCH3 is 1. The highest BCUT2D eigenvalue weighted by Gasteiger charge is 2.32. The van der Waals surface area contributed by atoms with Crippen LogP contribution in [0.1, 0.15) is 0 Å². The maximum Gasteiger partial charge on any atom is 0.310 e. The van der Waals surface area contributed by atoms with E-state index in [2.05, 4.69) is 5.32 Å². The average molecular weight is 145 g/mol. The van der Waals surface area contributed by atoms with Crippen LogP contribution in [0.15, 0.2) is 0 Å². The SMILES string of the molecule is CO[C@H]1CNC[C@H]1C(=O)O. The monoisotopic (exact) mass is 145 g/mol. The van der Waals surface area contributed by atoms with Gasteiger partial charge in [-0.05, 0) is 0 Å². The van der Waals surface area contributed by atoms with Crippen molar-refractivity contribution in [1.82, 2.24) is 5.32 Å². The summed E-state index contributed by atoms with van der Waals surface area (Å²) in [6.45, 7) is 1.17. The summed E-state index contributed by atoms with van der Waals surface area (Å²) in [5, 5.41) is 11.5. The second-order valence-electron chi connectivity index (χ2n) is 2.38. The zero-order chi connectivity index (χ0) is 7.56. The van der Waals surface area contributed by atoms with Gasteiger partial charge in [0.2, 0.25) is 0 Å². The van der Waals surface area contributed by atoms with E-state index < -0.39 is 5.97 Å². The Labute approximate surface area is 59.2 Å². The highest BCUT2D eigenvalue weighted by atomic mass is 16.5. The molecule has 0 aromatic rings. The number of ether oxygens (including phenoxy) is 1. The van der Waals surface area contributed by atoms with Gasteiger partial charge in [0.1, 0.15) is 0 Å². The van der Waals surface area contributed by atoms with Gasteiger partial charge in [-0.2, -0.15) is 0 Å². The van der Waals surface area contributed by atoms with Crippen LogP contribution in [0.25, 0.3) is 0 Å². The van der Waals surface area contributed by atoms with Gasteiger partial charge in [-0.25, -0.2) is 0 Å². The summed E-state index contributed by atoms with van der Waals surface area (Å²) < 4.78 is 4.94. The van der Waals surface area contributed by atoms with Crippen LogP contribution in [-0.4, -0.2) is 37.4 Å². The van der Waals surface area contributed by atoms with E-state index in [9.17, 15) is 4.79 Å². The summed E-state index contributed by atoms with van der Waals surface area (Å²) >= 11 is 0. The molecule has 1 fully saturated rings. The standard InChI is InChI=1S/C6H11NO3/c1-10-5-3-7-2-4(5)6(8)9/h4-5,7H,2-3H2,1H3,(H,8,9)/t4-,5+/m1/s1. The molecule has 1 aliphatic heterocycles. The van der Waals surface area contributed by atoms with Crippen LogP contribution in [0.4, 0.5) is 0 Å². The zero-order valence-corrected chi connectivity index (χ0v) is 5.83. The predicted octanol–water partition coefficient (Wildman–Crippen LogP) is -0.695. The number of carboxylic acids is 1. The number of hydrogen-bond acceptors (Lipinski definition) is 3. The van der Waals surface area contributed by atoms with Crippen LogP contribution in [0.5, 0.6) is 0 Å². The van der Waals surface area contributed by atoms with Gasteiger partial charge in [0.15, 0.2) is 0 Å². The number of hydrogen-bond donors (Lipinski definition) is 2. The van der Waals surface area contributed by atoms with Crippen LogP contribution in [0.2, 0.25) is 0 Å². The lowest BCUT2D eigenvalue weighted by Gasteiger charge is -2.11. The zero-order valence-electron chi connectivity index (χ0n) is 5.83. The molecule has 0 bridgehead atoms. The smallest absolute Gasteiger partial charge is 0.310 e. The van der Waals surface area contributed by atoms with Gasteiger partial charge in [-0.15, -0.1) is 0 Å². The lowest BCUT2D eigenvalue weighted by Crippen LogP contribution is -2.27. The van der Waals surface area contributed by atoms with E-state index in [0.717, 1.165) is 0 Å². The second kappa shape index (κ2) is 2.98. The number of rotatable bonds is 2. The van der Waals surface area contributed by atoms with E-state index in [-0.39, 0.29) is 12.0 Å². The normalized spacial score (nSPS) is 32.5. The molecule has 0 unspecified atom stereocenters. The lowest BCUT2D eigenvalue weighted by molar-refractivity contribution is -0.144. The topological polar surface area (TPSA) is 58.6 Å². The molecule has 4 nitrogen and oxygen atoms in total. The third-order valence-corrected chi connectivity index (χ3v) is 1.78.